The zero-order valence-corrected chi connectivity index (χ0v) is 11.7. The van der Waals surface area contributed by atoms with E-state index < -0.39 is 11.4 Å². The maximum atomic E-state index is 12.1. The average molecular weight is 294 g/mol. The second kappa shape index (κ2) is 5.98. The molecular weight excluding hydrogens is 280 g/mol. The maximum absolute atomic E-state index is 12.1. The molecule has 0 fully saturated rings. The first-order valence-electron chi connectivity index (χ1n) is 6.09. The number of carboxylic acids is 1. The minimum Gasteiger partial charge on any atom is -0.477 e. The van der Waals surface area contributed by atoms with Gasteiger partial charge >= 0.3 is 5.97 Å². The van der Waals surface area contributed by atoms with E-state index in [0.29, 0.717) is 18.5 Å². The number of hydrogen-bond acceptors (Lipinski definition) is 5. The number of aliphatic hydroxyl groups excluding tert-OH is 1. The molecule has 0 aromatic carbocycles. The number of hydrogen-bond donors (Lipinski definition) is 2. The first-order chi connectivity index (χ1) is 9.58. The molecule has 20 heavy (non-hydrogen) atoms. The van der Waals surface area contributed by atoms with Gasteiger partial charge in [0.25, 0.3) is 0 Å². The number of nitrogens with zero attached hydrogens (tertiary/aromatic N) is 2. The van der Waals surface area contributed by atoms with Crippen LogP contribution in [0.25, 0.3) is 10.2 Å². The first-order valence-corrected chi connectivity index (χ1v) is 6.91. The van der Waals surface area contributed by atoms with Crippen LogP contribution in [-0.2, 0) is 6.54 Å². The molecule has 0 radical (unpaired) electrons. The quantitative estimate of drug-likeness (QED) is 0.810. The van der Waals surface area contributed by atoms with Crippen LogP contribution in [0.2, 0.25) is 0 Å². The Morgan fingerprint density at radius 1 is 1.55 bits per heavy atom. The Morgan fingerprint density at radius 3 is 2.90 bits per heavy atom. The summed E-state index contributed by atoms with van der Waals surface area (Å²) < 4.78 is 1.74. The molecule has 6 nitrogen and oxygen atoms in total. The lowest BCUT2D eigenvalue weighted by molar-refractivity contribution is 0.0695. The van der Waals surface area contributed by atoms with Crippen LogP contribution >= 0.6 is 11.3 Å². The highest BCUT2D eigenvalue weighted by molar-refractivity contribution is 7.20. The Labute approximate surface area is 118 Å². The van der Waals surface area contributed by atoms with Crippen LogP contribution in [0.3, 0.4) is 0 Å². The highest BCUT2D eigenvalue weighted by Gasteiger charge is 2.16. The smallest absolute Gasteiger partial charge is 0.341 e. The fourth-order valence-corrected chi connectivity index (χ4v) is 2.95. The molecule has 2 N–H and O–H groups in total. The minimum absolute atomic E-state index is 0.0354. The number of carbonyl (C=O) groups is 1. The molecule has 2 aromatic heterocycles. The minimum atomic E-state index is -1.22. The van der Waals surface area contributed by atoms with E-state index in [0.717, 1.165) is 9.71 Å². The summed E-state index contributed by atoms with van der Waals surface area (Å²) in [5, 5.41) is 18.1. The van der Waals surface area contributed by atoms with Crippen LogP contribution in [-0.4, -0.2) is 40.1 Å². The molecule has 0 saturated heterocycles. The Kier molecular flexibility index (Phi) is 4.31. The molecule has 0 aliphatic rings. The second-order valence-electron chi connectivity index (χ2n) is 4.09. The molecule has 2 heterocycles. The van der Waals surface area contributed by atoms with Crippen molar-refractivity contribution in [2.45, 2.75) is 13.5 Å². The summed E-state index contributed by atoms with van der Waals surface area (Å²) >= 11 is 1.37. The van der Waals surface area contributed by atoms with Gasteiger partial charge in [-0.3, -0.25) is 9.79 Å². The number of aromatic nitrogens is 1. The molecule has 0 aliphatic carbocycles. The van der Waals surface area contributed by atoms with E-state index in [9.17, 15) is 9.59 Å². The summed E-state index contributed by atoms with van der Waals surface area (Å²) in [4.78, 5) is 28.7. The van der Waals surface area contributed by atoms with Crippen molar-refractivity contribution in [1.82, 2.24) is 4.57 Å². The summed E-state index contributed by atoms with van der Waals surface area (Å²) in [6, 6.07) is 1.64. The average Bonchev–Trinajstić information content (AvgIpc) is 2.84. The standard InChI is InChI=1S/C13H14N2O4S/c1-2-15-7-10(13(18)19)11(17)9-5-8(20-12(9)15)6-14-3-4-16/h5-7,16H,2-4H2,1H3,(H,18,19). The third-order valence-electron chi connectivity index (χ3n) is 2.79. The van der Waals surface area contributed by atoms with Crippen molar-refractivity contribution in [2.75, 3.05) is 13.2 Å². The fourth-order valence-electron chi connectivity index (χ4n) is 1.86. The third-order valence-corrected chi connectivity index (χ3v) is 3.89. The molecule has 0 amide bonds. The lowest BCUT2D eigenvalue weighted by Crippen LogP contribution is -2.17. The largest absolute Gasteiger partial charge is 0.477 e. The lowest BCUT2D eigenvalue weighted by Gasteiger charge is -2.05. The number of thiophene rings is 1. The van der Waals surface area contributed by atoms with Gasteiger partial charge in [0.05, 0.1) is 18.5 Å². The molecule has 0 bridgehead atoms. The summed E-state index contributed by atoms with van der Waals surface area (Å²) in [6.07, 6.45) is 2.96. The van der Waals surface area contributed by atoms with Gasteiger partial charge in [0.2, 0.25) is 5.43 Å². The number of pyridine rings is 1. The van der Waals surface area contributed by atoms with Crippen molar-refractivity contribution < 1.29 is 15.0 Å². The summed E-state index contributed by atoms with van der Waals surface area (Å²) in [5.74, 6) is -1.22. The molecule has 0 atom stereocenters. The molecule has 2 rings (SSSR count). The zero-order valence-electron chi connectivity index (χ0n) is 10.9. The fraction of sp³-hybridized carbons (Fsp3) is 0.308. The predicted octanol–water partition coefficient (Wildman–Crippen LogP) is 1.19. The molecule has 2 aromatic rings. The summed E-state index contributed by atoms with van der Waals surface area (Å²) in [6.45, 7) is 2.72. The maximum Gasteiger partial charge on any atom is 0.341 e. The van der Waals surface area contributed by atoms with E-state index in [1.807, 2.05) is 6.92 Å². The predicted molar refractivity (Wildman–Crippen MR) is 78.3 cm³/mol. The van der Waals surface area contributed by atoms with Crippen LogP contribution in [0.5, 0.6) is 0 Å². The normalized spacial score (nSPS) is 11.5. The Morgan fingerprint density at radius 2 is 2.30 bits per heavy atom. The van der Waals surface area contributed by atoms with Crippen LogP contribution in [0, 0.1) is 0 Å². The lowest BCUT2D eigenvalue weighted by atomic mass is 10.2. The molecule has 0 spiro atoms. The van der Waals surface area contributed by atoms with Gasteiger partial charge in [-0.2, -0.15) is 0 Å². The molecule has 0 aliphatic heterocycles. The van der Waals surface area contributed by atoms with E-state index >= 15 is 0 Å². The van der Waals surface area contributed by atoms with Gasteiger partial charge in [-0.05, 0) is 13.0 Å². The van der Waals surface area contributed by atoms with E-state index in [-0.39, 0.29) is 12.2 Å². The van der Waals surface area contributed by atoms with Crippen molar-refractivity contribution in [3.05, 3.63) is 32.9 Å². The monoisotopic (exact) mass is 294 g/mol. The summed E-state index contributed by atoms with van der Waals surface area (Å²) in [7, 11) is 0. The Bertz CT molecular complexity index is 730. The van der Waals surface area contributed by atoms with E-state index in [2.05, 4.69) is 4.99 Å². The molecular formula is C13H14N2O4S. The first kappa shape index (κ1) is 14.4. The van der Waals surface area contributed by atoms with Gasteiger partial charge in [-0.15, -0.1) is 11.3 Å². The number of aromatic carboxylic acids is 1. The SMILES string of the molecule is CCn1cc(C(=O)O)c(=O)c2cc(C=NCCO)sc21. The van der Waals surface area contributed by atoms with Gasteiger partial charge < -0.3 is 14.8 Å². The highest BCUT2D eigenvalue weighted by atomic mass is 32.1. The van der Waals surface area contributed by atoms with E-state index in [1.54, 1.807) is 16.8 Å². The van der Waals surface area contributed by atoms with Gasteiger partial charge in [0, 0.05) is 23.8 Å². The third kappa shape index (κ3) is 2.63. The molecule has 7 heteroatoms. The van der Waals surface area contributed by atoms with Crippen molar-refractivity contribution in [3.63, 3.8) is 0 Å². The van der Waals surface area contributed by atoms with Gasteiger partial charge in [-0.25, -0.2) is 4.79 Å². The van der Waals surface area contributed by atoms with Crippen molar-refractivity contribution in [3.8, 4) is 0 Å². The number of aliphatic imine (C=N–C) groups is 1. The number of aryl methyl sites for hydroxylation is 1. The Hall–Kier alpha value is -1.99. The van der Waals surface area contributed by atoms with Crippen LogP contribution < -0.4 is 5.43 Å². The summed E-state index contributed by atoms with van der Waals surface area (Å²) in [5.41, 5.74) is -0.703. The number of fused-ring (bicyclic) bond motifs is 1. The van der Waals surface area contributed by atoms with Crippen molar-refractivity contribution >= 4 is 33.7 Å². The molecule has 106 valence electrons. The van der Waals surface area contributed by atoms with E-state index in [4.69, 9.17) is 10.2 Å². The Balaban J connectivity index is 2.63. The van der Waals surface area contributed by atoms with Crippen molar-refractivity contribution in [1.29, 1.82) is 0 Å². The second-order valence-corrected chi connectivity index (χ2v) is 5.15. The van der Waals surface area contributed by atoms with Crippen LogP contribution in [0.4, 0.5) is 0 Å². The van der Waals surface area contributed by atoms with Gasteiger partial charge in [0.1, 0.15) is 10.4 Å². The number of rotatable bonds is 5. The number of carboxylic acid groups (broad SMARTS) is 1. The topological polar surface area (TPSA) is 91.9 Å². The van der Waals surface area contributed by atoms with Gasteiger partial charge in [0.15, 0.2) is 0 Å². The molecule has 0 saturated carbocycles. The molecule has 0 unspecified atom stereocenters. The highest BCUT2D eigenvalue weighted by Crippen LogP contribution is 2.23. The van der Waals surface area contributed by atoms with Crippen LogP contribution in [0.15, 0.2) is 22.1 Å². The van der Waals surface area contributed by atoms with E-state index in [1.165, 1.54) is 17.5 Å². The zero-order chi connectivity index (χ0) is 14.7. The van der Waals surface area contributed by atoms with Crippen LogP contribution in [0.1, 0.15) is 22.2 Å². The van der Waals surface area contributed by atoms with Gasteiger partial charge in [-0.1, -0.05) is 0 Å². The number of aliphatic hydroxyl groups is 1. The van der Waals surface area contributed by atoms with Crippen molar-refractivity contribution in [2.24, 2.45) is 4.99 Å².